The van der Waals surface area contributed by atoms with E-state index in [1.165, 1.54) is 0 Å². The molecule has 0 saturated heterocycles. The summed E-state index contributed by atoms with van der Waals surface area (Å²) in [5.74, 6) is -1.58. The Kier molecular flexibility index (Phi) is 2.17. The van der Waals surface area contributed by atoms with E-state index >= 15 is 0 Å². The van der Waals surface area contributed by atoms with Crippen molar-refractivity contribution in [1.82, 2.24) is 0 Å². The fraction of sp³-hybridized carbons (Fsp3) is 0.111. The monoisotopic (exact) mass is 209 g/mol. The van der Waals surface area contributed by atoms with Gasteiger partial charge in [-0.1, -0.05) is 23.9 Å². The zero-order valence-corrected chi connectivity index (χ0v) is 7.88. The lowest BCUT2D eigenvalue weighted by Crippen LogP contribution is -2.35. The highest BCUT2D eigenvalue weighted by Crippen LogP contribution is 2.35. The van der Waals surface area contributed by atoms with Crippen molar-refractivity contribution < 1.29 is 14.7 Å². The molecule has 0 fully saturated rings. The Labute approximate surface area is 84.3 Å². The molecule has 0 unspecified atom stereocenters. The third-order valence-electron chi connectivity index (χ3n) is 1.85. The van der Waals surface area contributed by atoms with Gasteiger partial charge in [0.15, 0.2) is 5.25 Å². The molecule has 1 aliphatic rings. The number of rotatable bonds is 1. The van der Waals surface area contributed by atoms with E-state index in [2.05, 4.69) is 5.32 Å². The molecule has 1 atom stereocenters. The van der Waals surface area contributed by atoms with Crippen LogP contribution >= 0.6 is 11.8 Å². The van der Waals surface area contributed by atoms with Crippen molar-refractivity contribution in [1.29, 1.82) is 0 Å². The van der Waals surface area contributed by atoms with Crippen LogP contribution in [0.3, 0.4) is 0 Å². The van der Waals surface area contributed by atoms with Crippen LogP contribution in [-0.2, 0) is 9.59 Å². The summed E-state index contributed by atoms with van der Waals surface area (Å²) in [6.07, 6.45) is 0. The molecule has 0 aliphatic carbocycles. The third kappa shape index (κ3) is 1.46. The average molecular weight is 209 g/mol. The van der Waals surface area contributed by atoms with E-state index in [4.69, 9.17) is 5.11 Å². The second-order valence-electron chi connectivity index (χ2n) is 2.82. The van der Waals surface area contributed by atoms with Crippen molar-refractivity contribution in [2.75, 3.05) is 5.32 Å². The summed E-state index contributed by atoms with van der Waals surface area (Å²) in [7, 11) is 0. The zero-order chi connectivity index (χ0) is 10.1. The number of hydrogen-bond acceptors (Lipinski definition) is 3. The molecule has 0 radical (unpaired) electrons. The quantitative estimate of drug-likeness (QED) is 0.682. The number of amides is 1. The SMILES string of the molecule is O=C(O)[C@@H]1Sc2ccccc2NC1=O. The number of carboxylic acid groups (broad SMARTS) is 1. The Morgan fingerprint density at radius 3 is 2.86 bits per heavy atom. The van der Waals surface area contributed by atoms with Crippen LogP contribution < -0.4 is 5.32 Å². The van der Waals surface area contributed by atoms with Gasteiger partial charge in [-0.15, -0.1) is 0 Å². The molecule has 1 aromatic carbocycles. The van der Waals surface area contributed by atoms with Gasteiger partial charge in [-0.3, -0.25) is 9.59 Å². The first kappa shape index (κ1) is 9.08. The summed E-state index contributed by atoms with van der Waals surface area (Å²) in [4.78, 5) is 22.8. The van der Waals surface area contributed by atoms with E-state index in [-0.39, 0.29) is 0 Å². The fourth-order valence-electron chi connectivity index (χ4n) is 1.21. The predicted octanol–water partition coefficient (Wildman–Crippen LogP) is 1.18. The number of aliphatic carboxylic acids is 1. The van der Waals surface area contributed by atoms with Crippen molar-refractivity contribution >= 4 is 29.3 Å². The van der Waals surface area contributed by atoms with Crippen LogP contribution in [-0.4, -0.2) is 22.2 Å². The van der Waals surface area contributed by atoms with Gasteiger partial charge >= 0.3 is 5.97 Å². The zero-order valence-electron chi connectivity index (χ0n) is 7.06. The number of anilines is 1. The van der Waals surface area contributed by atoms with Gasteiger partial charge in [0.1, 0.15) is 0 Å². The largest absolute Gasteiger partial charge is 0.480 e. The minimum Gasteiger partial charge on any atom is -0.480 e. The normalized spacial score (nSPS) is 19.7. The topological polar surface area (TPSA) is 66.4 Å². The van der Waals surface area contributed by atoms with E-state index in [0.717, 1.165) is 16.7 Å². The minimum atomic E-state index is -1.11. The van der Waals surface area contributed by atoms with E-state index in [9.17, 15) is 9.59 Å². The van der Waals surface area contributed by atoms with Crippen molar-refractivity contribution in [3.8, 4) is 0 Å². The van der Waals surface area contributed by atoms with E-state index in [1.54, 1.807) is 18.2 Å². The Balaban J connectivity index is 2.36. The molecule has 0 spiro atoms. The minimum absolute atomic E-state index is 0.471. The first-order chi connectivity index (χ1) is 6.68. The maximum absolute atomic E-state index is 11.3. The number of para-hydroxylation sites is 1. The lowest BCUT2D eigenvalue weighted by Gasteiger charge is -2.20. The number of hydrogen-bond donors (Lipinski definition) is 2. The first-order valence-corrected chi connectivity index (χ1v) is 4.86. The number of carbonyl (C=O) groups is 2. The number of carbonyl (C=O) groups excluding carboxylic acids is 1. The average Bonchev–Trinajstić information content (AvgIpc) is 2.16. The number of thioether (sulfide) groups is 1. The molecule has 2 N–H and O–H groups in total. The summed E-state index contributed by atoms with van der Waals surface area (Å²) < 4.78 is 0. The number of carboxylic acids is 1. The van der Waals surface area contributed by atoms with Crippen LogP contribution in [0.2, 0.25) is 0 Å². The highest BCUT2D eigenvalue weighted by Gasteiger charge is 2.32. The second-order valence-corrected chi connectivity index (χ2v) is 3.97. The molecule has 4 nitrogen and oxygen atoms in total. The third-order valence-corrected chi connectivity index (χ3v) is 3.11. The van der Waals surface area contributed by atoms with E-state index < -0.39 is 17.1 Å². The van der Waals surface area contributed by atoms with Crippen LogP contribution in [0.5, 0.6) is 0 Å². The Hall–Kier alpha value is -1.49. The maximum Gasteiger partial charge on any atom is 0.326 e. The van der Waals surface area contributed by atoms with E-state index in [1.807, 2.05) is 6.07 Å². The Bertz CT molecular complexity index is 405. The summed E-state index contributed by atoms with van der Waals surface area (Å²) in [5, 5.41) is 10.3. The molecule has 5 heteroatoms. The van der Waals surface area contributed by atoms with Crippen molar-refractivity contribution in [2.45, 2.75) is 10.1 Å². The highest BCUT2D eigenvalue weighted by atomic mass is 32.2. The van der Waals surface area contributed by atoms with Crippen molar-refractivity contribution in [2.24, 2.45) is 0 Å². The molecule has 1 aromatic rings. The highest BCUT2D eigenvalue weighted by molar-refractivity contribution is 8.01. The van der Waals surface area contributed by atoms with Gasteiger partial charge in [0.05, 0.1) is 5.69 Å². The lowest BCUT2D eigenvalue weighted by molar-refractivity contribution is -0.138. The molecule has 72 valence electrons. The maximum atomic E-state index is 11.3. The molecule has 0 aromatic heterocycles. The van der Waals surface area contributed by atoms with Crippen LogP contribution in [0.4, 0.5) is 5.69 Å². The van der Waals surface area contributed by atoms with Crippen LogP contribution in [0.1, 0.15) is 0 Å². The van der Waals surface area contributed by atoms with Gasteiger partial charge in [0, 0.05) is 4.90 Å². The summed E-state index contributed by atoms with van der Waals surface area (Å²) in [6.45, 7) is 0. The number of fused-ring (bicyclic) bond motifs is 1. The molecule has 1 amide bonds. The lowest BCUT2D eigenvalue weighted by atomic mass is 10.3. The van der Waals surface area contributed by atoms with Gasteiger partial charge < -0.3 is 10.4 Å². The van der Waals surface area contributed by atoms with Crippen LogP contribution in [0, 0.1) is 0 Å². The van der Waals surface area contributed by atoms with Crippen molar-refractivity contribution in [3.05, 3.63) is 24.3 Å². The molecule has 0 saturated carbocycles. The molecule has 2 rings (SSSR count). The molecular formula is C9H7NO3S. The van der Waals surface area contributed by atoms with Crippen LogP contribution in [0.25, 0.3) is 0 Å². The molecule has 14 heavy (non-hydrogen) atoms. The van der Waals surface area contributed by atoms with Gasteiger partial charge in [0.2, 0.25) is 5.91 Å². The standard InChI is InChI=1S/C9H7NO3S/c11-8-7(9(12)13)14-6-4-2-1-3-5(6)10-8/h1-4,7H,(H,10,11)(H,12,13)/t7-/m1/s1. The first-order valence-electron chi connectivity index (χ1n) is 3.98. The smallest absolute Gasteiger partial charge is 0.326 e. The van der Waals surface area contributed by atoms with Crippen LogP contribution in [0.15, 0.2) is 29.2 Å². The second kappa shape index (κ2) is 3.34. The van der Waals surface area contributed by atoms with Gasteiger partial charge in [-0.25, -0.2) is 0 Å². The molecule has 1 aliphatic heterocycles. The fourth-order valence-corrected chi connectivity index (χ4v) is 2.14. The molecule has 1 heterocycles. The van der Waals surface area contributed by atoms with Gasteiger partial charge in [0.25, 0.3) is 0 Å². The molecular weight excluding hydrogens is 202 g/mol. The predicted molar refractivity (Wildman–Crippen MR) is 52.4 cm³/mol. The Morgan fingerprint density at radius 1 is 1.43 bits per heavy atom. The van der Waals surface area contributed by atoms with E-state index in [0.29, 0.717) is 5.69 Å². The Morgan fingerprint density at radius 2 is 2.14 bits per heavy atom. The van der Waals surface area contributed by atoms with Gasteiger partial charge in [-0.2, -0.15) is 0 Å². The van der Waals surface area contributed by atoms with Crippen molar-refractivity contribution in [3.63, 3.8) is 0 Å². The van der Waals surface area contributed by atoms with Gasteiger partial charge in [-0.05, 0) is 12.1 Å². The molecule has 0 bridgehead atoms. The summed E-state index contributed by atoms with van der Waals surface area (Å²) in [5.41, 5.74) is 0.681. The summed E-state index contributed by atoms with van der Waals surface area (Å²) in [6, 6.07) is 7.14. The number of nitrogens with one attached hydrogen (secondary N) is 1. The summed E-state index contributed by atoms with van der Waals surface area (Å²) >= 11 is 1.06. The number of benzene rings is 1.